The SMILES string of the molecule is CC(C)(C)c1cccc(N2c3cc(C(C)(C)C)ccc3B3c4cc(C(C)(C)C)cc5c4C(c4cc(N6c7ccccc7C7(C)CCc8ccccc8C67C)cc2c43)C2(C)CCCCC52c2ccccc2)c1. The van der Waals surface area contributed by atoms with E-state index >= 15 is 0 Å². The molecule has 5 atom stereocenters. The maximum absolute atomic E-state index is 2.85. The molecule has 0 spiro atoms. The summed E-state index contributed by atoms with van der Waals surface area (Å²) in [7, 11) is 0. The molecular weight excluding hydrogens is 856 g/mol. The average molecular weight is 929 g/mol. The molecule has 0 aromatic heterocycles. The number of aryl methyl sites for hydroxylation is 1. The second-order valence-electron chi connectivity index (χ2n) is 26.6. The Bertz CT molecular complexity index is 3360. The fourth-order valence-electron chi connectivity index (χ4n) is 16.0. The van der Waals surface area contributed by atoms with Gasteiger partial charge in [0.05, 0.1) is 5.54 Å². The van der Waals surface area contributed by atoms with E-state index in [4.69, 9.17) is 0 Å². The molecule has 0 N–H and O–H groups in total. The van der Waals surface area contributed by atoms with Gasteiger partial charge in [-0.1, -0.05) is 204 Å². The van der Waals surface area contributed by atoms with Crippen molar-refractivity contribution in [3.63, 3.8) is 0 Å². The van der Waals surface area contributed by atoms with Gasteiger partial charge in [-0.05, 0) is 157 Å². The topological polar surface area (TPSA) is 6.48 Å². The smallest absolute Gasteiger partial charge is 0.247 e. The summed E-state index contributed by atoms with van der Waals surface area (Å²) in [6, 6.07) is 58.8. The van der Waals surface area contributed by atoms with Gasteiger partial charge in [0.2, 0.25) is 6.71 Å². The lowest BCUT2D eigenvalue weighted by atomic mass is 9.30. The Balaban J connectivity index is 1.21. The van der Waals surface area contributed by atoms with Crippen molar-refractivity contribution in [3.05, 3.63) is 201 Å². The largest absolute Gasteiger partial charge is 0.330 e. The highest BCUT2D eigenvalue weighted by molar-refractivity contribution is 6.99. The van der Waals surface area contributed by atoms with Crippen molar-refractivity contribution in [2.75, 3.05) is 9.80 Å². The van der Waals surface area contributed by atoms with Crippen molar-refractivity contribution in [3.8, 4) is 0 Å². The van der Waals surface area contributed by atoms with Gasteiger partial charge in [0.15, 0.2) is 0 Å². The Hall–Kier alpha value is -5.80. The van der Waals surface area contributed by atoms with Crippen LogP contribution >= 0.6 is 0 Å². The summed E-state index contributed by atoms with van der Waals surface area (Å²) >= 11 is 0. The van der Waals surface area contributed by atoms with Crippen LogP contribution < -0.4 is 26.2 Å². The summed E-state index contributed by atoms with van der Waals surface area (Å²) in [4.78, 5) is 5.58. The molecule has 358 valence electrons. The van der Waals surface area contributed by atoms with E-state index in [0.29, 0.717) is 0 Å². The first-order valence-electron chi connectivity index (χ1n) is 27.2. The molecule has 3 heterocycles. The highest BCUT2D eigenvalue weighted by Crippen LogP contribution is 2.71. The van der Waals surface area contributed by atoms with E-state index in [9.17, 15) is 0 Å². The van der Waals surface area contributed by atoms with Gasteiger partial charge in [0.25, 0.3) is 0 Å². The molecule has 6 aliphatic rings. The van der Waals surface area contributed by atoms with Crippen LogP contribution in [-0.2, 0) is 39.0 Å². The van der Waals surface area contributed by atoms with Crippen LogP contribution in [0.5, 0.6) is 0 Å². The van der Waals surface area contributed by atoms with E-state index in [1.807, 2.05) is 0 Å². The zero-order valence-corrected chi connectivity index (χ0v) is 44.6. The molecule has 3 aliphatic heterocycles. The number of hydrogen-bond donors (Lipinski definition) is 0. The predicted molar refractivity (Wildman–Crippen MR) is 302 cm³/mol. The van der Waals surface area contributed by atoms with Crippen LogP contribution in [0.15, 0.2) is 146 Å². The average Bonchev–Trinajstić information content (AvgIpc) is 3.72. The van der Waals surface area contributed by atoms with Crippen LogP contribution in [0, 0.1) is 5.41 Å². The molecule has 0 saturated heterocycles. The lowest BCUT2D eigenvalue weighted by Gasteiger charge is -2.53. The number of nitrogens with zero attached hydrogens (tertiary/aromatic N) is 2. The van der Waals surface area contributed by atoms with E-state index < -0.39 is 0 Å². The molecule has 2 nitrogen and oxygen atoms in total. The fourth-order valence-corrected chi connectivity index (χ4v) is 16.0. The van der Waals surface area contributed by atoms with Crippen LogP contribution in [0.4, 0.5) is 28.4 Å². The molecule has 7 aromatic rings. The summed E-state index contributed by atoms with van der Waals surface area (Å²) in [6.07, 6.45) is 7.04. The van der Waals surface area contributed by atoms with E-state index in [1.165, 1.54) is 104 Å². The van der Waals surface area contributed by atoms with Gasteiger partial charge in [0.1, 0.15) is 0 Å². The number of fused-ring (bicyclic) bond motifs is 12. The summed E-state index contributed by atoms with van der Waals surface area (Å²) in [5, 5.41) is 0. The monoisotopic (exact) mass is 929 g/mol. The number of rotatable bonds is 3. The third-order valence-electron chi connectivity index (χ3n) is 19.9. The third kappa shape index (κ3) is 5.84. The molecule has 1 fully saturated rings. The summed E-state index contributed by atoms with van der Waals surface area (Å²) in [5.41, 5.74) is 25.2. The van der Waals surface area contributed by atoms with E-state index in [2.05, 4.69) is 238 Å². The molecule has 3 heteroatoms. The molecular formula is C68H73BN2. The highest BCUT2D eigenvalue weighted by atomic mass is 15.3. The first-order valence-corrected chi connectivity index (χ1v) is 27.2. The minimum absolute atomic E-state index is 0.0166. The Morgan fingerprint density at radius 1 is 0.507 bits per heavy atom. The lowest BCUT2D eigenvalue weighted by molar-refractivity contribution is 0.109. The van der Waals surface area contributed by atoms with Crippen molar-refractivity contribution < 1.29 is 0 Å². The van der Waals surface area contributed by atoms with Crippen molar-refractivity contribution in [1.29, 1.82) is 0 Å². The molecule has 1 saturated carbocycles. The van der Waals surface area contributed by atoms with Gasteiger partial charge in [0, 0.05) is 45.2 Å². The number of para-hydroxylation sites is 1. The molecule has 71 heavy (non-hydrogen) atoms. The second-order valence-corrected chi connectivity index (χ2v) is 26.6. The number of anilines is 5. The number of benzene rings is 7. The van der Waals surface area contributed by atoms with Crippen LogP contribution in [-0.4, -0.2) is 6.71 Å². The molecule has 0 amide bonds. The predicted octanol–water partition coefficient (Wildman–Crippen LogP) is 15.5. The molecule has 13 rings (SSSR count). The zero-order valence-electron chi connectivity index (χ0n) is 44.6. The minimum Gasteiger partial charge on any atom is -0.330 e. The Morgan fingerprint density at radius 3 is 1.93 bits per heavy atom. The van der Waals surface area contributed by atoms with Gasteiger partial charge in [-0.25, -0.2) is 0 Å². The fraction of sp³-hybridized carbons (Fsp3) is 0.382. The van der Waals surface area contributed by atoms with Crippen molar-refractivity contribution in [2.45, 2.75) is 160 Å². The zero-order chi connectivity index (χ0) is 49.4. The normalized spacial score (nSPS) is 25.7. The lowest BCUT2D eigenvalue weighted by Crippen LogP contribution is -2.63. The Labute approximate surface area is 426 Å². The van der Waals surface area contributed by atoms with Crippen LogP contribution in [0.25, 0.3) is 0 Å². The van der Waals surface area contributed by atoms with Gasteiger partial charge in [-0.15, -0.1) is 0 Å². The van der Waals surface area contributed by atoms with Gasteiger partial charge >= 0.3 is 0 Å². The third-order valence-corrected chi connectivity index (χ3v) is 19.9. The molecule has 3 aliphatic carbocycles. The summed E-state index contributed by atoms with van der Waals surface area (Å²) in [5.74, 6) is 0.209. The van der Waals surface area contributed by atoms with Gasteiger partial charge in [-0.2, -0.15) is 0 Å². The summed E-state index contributed by atoms with van der Waals surface area (Å²) < 4.78 is 0. The molecule has 0 radical (unpaired) electrons. The van der Waals surface area contributed by atoms with Crippen LogP contribution in [0.3, 0.4) is 0 Å². The number of hydrogen-bond acceptors (Lipinski definition) is 2. The van der Waals surface area contributed by atoms with Gasteiger partial charge < -0.3 is 9.80 Å². The van der Waals surface area contributed by atoms with Crippen molar-refractivity contribution in [2.24, 2.45) is 5.41 Å². The standard InChI is InChI=1S/C68H73BN2/c1-62(2,3)45-26-22-27-48(37-45)70-57-40-46(63(4,5)6)31-32-54(57)69-55-39-47(64(7,8)9)38-53-59(55)60(66(11)34-20-21-35-68(53,66)44-24-14-13-15-25-44)50-41-49(42-58(70)61(50)69)71-56-30-19-18-29-52(56)65(10)36-33-43-23-16-17-28-51(43)67(65,71)12/h13-19,22-32,37-42,60H,20-21,33-36H2,1-12H3. The molecule has 5 unspecified atom stereocenters. The van der Waals surface area contributed by atoms with Crippen LogP contribution in [0.1, 0.15) is 177 Å². The maximum Gasteiger partial charge on any atom is 0.247 e. The quantitative estimate of drug-likeness (QED) is 0.163. The minimum atomic E-state index is -0.327. The van der Waals surface area contributed by atoms with E-state index in [-0.39, 0.29) is 50.7 Å². The second kappa shape index (κ2) is 14.7. The van der Waals surface area contributed by atoms with E-state index in [1.54, 1.807) is 22.2 Å². The Kier molecular flexibility index (Phi) is 9.32. The van der Waals surface area contributed by atoms with Crippen molar-refractivity contribution in [1.82, 2.24) is 0 Å². The van der Waals surface area contributed by atoms with Crippen LogP contribution in [0.2, 0.25) is 0 Å². The Morgan fingerprint density at radius 2 is 1.18 bits per heavy atom. The van der Waals surface area contributed by atoms with Gasteiger partial charge in [-0.3, -0.25) is 0 Å². The molecule has 0 bridgehead atoms. The first-order chi connectivity index (χ1) is 33.7. The molecule has 7 aromatic carbocycles. The first kappa shape index (κ1) is 45.1. The van der Waals surface area contributed by atoms with Crippen molar-refractivity contribution >= 4 is 51.5 Å². The van der Waals surface area contributed by atoms with E-state index in [0.717, 1.165) is 12.8 Å². The maximum atomic E-state index is 2.85. The highest BCUT2D eigenvalue weighted by Gasteiger charge is 2.66. The summed E-state index contributed by atoms with van der Waals surface area (Å²) in [6.45, 7) is 29.5.